The number of halogens is 1. The molecule has 3 heteroatoms. The van der Waals surface area contributed by atoms with E-state index in [2.05, 4.69) is 4.99 Å². The lowest BCUT2D eigenvalue weighted by molar-refractivity contribution is 0.564. The summed E-state index contributed by atoms with van der Waals surface area (Å²) in [6.45, 7) is 3.32. The minimum Gasteiger partial charge on any atom is -0.211 e. The number of aryl methyl sites for hydroxylation is 2. The monoisotopic (exact) mass is 165 g/mol. The van der Waals surface area contributed by atoms with Crippen molar-refractivity contribution in [3.8, 4) is 0 Å². The first-order valence-corrected chi connectivity index (χ1v) is 3.50. The van der Waals surface area contributed by atoms with Gasteiger partial charge in [-0.05, 0) is 25.0 Å². The van der Waals surface area contributed by atoms with E-state index in [1.165, 1.54) is 6.08 Å². The Kier molecular flexibility index (Phi) is 2.36. The lowest BCUT2D eigenvalue weighted by atomic mass is 10.1. The van der Waals surface area contributed by atoms with Crippen molar-refractivity contribution in [2.24, 2.45) is 4.99 Å². The van der Waals surface area contributed by atoms with E-state index >= 15 is 0 Å². The predicted octanol–water partition coefficient (Wildman–Crippen LogP) is 2.41. The van der Waals surface area contributed by atoms with Gasteiger partial charge in [-0.2, -0.15) is 4.99 Å². The molecule has 0 unspecified atom stereocenters. The molecule has 0 radical (unpaired) electrons. The largest absolute Gasteiger partial charge is 0.240 e. The van der Waals surface area contributed by atoms with Crippen molar-refractivity contribution < 1.29 is 9.18 Å². The number of hydrogen-bond acceptors (Lipinski definition) is 2. The zero-order valence-corrected chi connectivity index (χ0v) is 6.89. The van der Waals surface area contributed by atoms with Gasteiger partial charge in [-0.1, -0.05) is 12.1 Å². The summed E-state index contributed by atoms with van der Waals surface area (Å²) >= 11 is 0. The Labute approximate surface area is 69.7 Å². The number of rotatable bonds is 1. The summed E-state index contributed by atoms with van der Waals surface area (Å²) in [5.74, 6) is -0.446. The van der Waals surface area contributed by atoms with Gasteiger partial charge in [0.05, 0.1) is 0 Å². The standard InChI is InChI=1S/C9H8FNO/c1-6-3-4-7(2)9(8(6)10)11-5-12/h3-4H,1-2H3. The molecule has 0 atom stereocenters. The first-order chi connectivity index (χ1) is 5.66. The molecule has 0 amide bonds. The van der Waals surface area contributed by atoms with Gasteiger partial charge < -0.3 is 0 Å². The molecule has 62 valence electrons. The van der Waals surface area contributed by atoms with Crippen LogP contribution in [-0.2, 0) is 4.79 Å². The Morgan fingerprint density at radius 1 is 1.33 bits per heavy atom. The Balaban J connectivity index is 3.42. The molecule has 0 aliphatic carbocycles. The van der Waals surface area contributed by atoms with Crippen molar-refractivity contribution in [1.29, 1.82) is 0 Å². The third kappa shape index (κ3) is 1.41. The molecule has 0 saturated heterocycles. The fraction of sp³-hybridized carbons (Fsp3) is 0.222. The molecule has 0 aromatic heterocycles. The Morgan fingerprint density at radius 3 is 2.50 bits per heavy atom. The smallest absolute Gasteiger partial charge is 0.211 e. The molecule has 0 aliphatic heterocycles. The normalized spacial score (nSPS) is 9.25. The third-order valence-corrected chi connectivity index (χ3v) is 1.67. The van der Waals surface area contributed by atoms with Gasteiger partial charge in [-0.3, -0.25) is 0 Å². The quantitative estimate of drug-likeness (QED) is 0.464. The van der Waals surface area contributed by atoms with Gasteiger partial charge in [0.25, 0.3) is 0 Å². The van der Waals surface area contributed by atoms with Crippen LogP contribution in [0.15, 0.2) is 17.1 Å². The molecule has 0 heterocycles. The van der Waals surface area contributed by atoms with Crippen LogP contribution < -0.4 is 0 Å². The maximum Gasteiger partial charge on any atom is 0.240 e. The fourth-order valence-corrected chi connectivity index (χ4v) is 0.945. The summed E-state index contributed by atoms with van der Waals surface area (Å²) in [7, 11) is 0. The van der Waals surface area contributed by atoms with Crippen LogP contribution in [0, 0.1) is 19.7 Å². The number of benzene rings is 1. The van der Waals surface area contributed by atoms with Crippen LogP contribution in [0.5, 0.6) is 0 Å². The van der Waals surface area contributed by atoms with Crippen LogP contribution in [0.3, 0.4) is 0 Å². The van der Waals surface area contributed by atoms with E-state index in [-0.39, 0.29) is 5.69 Å². The maximum atomic E-state index is 13.2. The molecule has 12 heavy (non-hydrogen) atoms. The van der Waals surface area contributed by atoms with E-state index < -0.39 is 5.82 Å². The van der Waals surface area contributed by atoms with Gasteiger partial charge in [0.1, 0.15) is 5.69 Å². The molecule has 0 spiro atoms. The van der Waals surface area contributed by atoms with Crippen molar-refractivity contribution in [1.82, 2.24) is 0 Å². The Morgan fingerprint density at radius 2 is 1.92 bits per heavy atom. The first-order valence-electron chi connectivity index (χ1n) is 3.50. The minimum absolute atomic E-state index is 0.0880. The molecule has 2 nitrogen and oxygen atoms in total. The van der Waals surface area contributed by atoms with Crippen LogP contribution >= 0.6 is 0 Å². The molecule has 1 aromatic rings. The fourth-order valence-electron chi connectivity index (χ4n) is 0.945. The lowest BCUT2D eigenvalue weighted by Gasteiger charge is -2.01. The van der Waals surface area contributed by atoms with E-state index in [1.54, 1.807) is 26.0 Å². The Hall–Kier alpha value is -1.47. The minimum atomic E-state index is -0.446. The second kappa shape index (κ2) is 3.28. The van der Waals surface area contributed by atoms with Gasteiger partial charge in [-0.15, -0.1) is 0 Å². The van der Waals surface area contributed by atoms with Gasteiger partial charge in [-0.25, -0.2) is 9.18 Å². The summed E-state index contributed by atoms with van der Waals surface area (Å²) in [4.78, 5) is 13.2. The third-order valence-electron chi connectivity index (χ3n) is 1.67. The molecular formula is C9H8FNO. The summed E-state index contributed by atoms with van der Waals surface area (Å²) in [6.07, 6.45) is 1.33. The summed E-state index contributed by atoms with van der Waals surface area (Å²) in [5, 5.41) is 0. The molecule has 0 saturated carbocycles. The average Bonchev–Trinajstić information content (AvgIpc) is 2.06. The number of nitrogens with zero attached hydrogens (tertiary/aromatic N) is 1. The highest BCUT2D eigenvalue weighted by molar-refractivity contribution is 5.55. The maximum absolute atomic E-state index is 13.2. The van der Waals surface area contributed by atoms with E-state index in [4.69, 9.17) is 0 Å². The molecule has 0 fully saturated rings. The van der Waals surface area contributed by atoms with Crippen molar-refractivity contribution in [2.75, 3.05) is 0 Å². The van der Waals surface area contributed by atoms with Gasteiger partial charge >= 0.3 is 0 Å². The lowest BCUT2D eigenvalue weighted by Crippen LogP contribution is -1.85. The second-order valence-corrected chi connectivity index (χ2v) is 2.57. The van der Waals surface area contributed by atoms with Crippen molar-refractivity contribution in [3.05, 3.63) is 29.1 Å². The predicted molar refractivity (Wildman–Crippen MR) is 43.7 cm³/mol. The van der Waals surface area contributed by atoms with Gasteiger partial charge in [0.2, 0.25) is 6.08 Å². The second-order valence-electron chi connectivity index (χ2n) is 2.57. The van der Waals surface area contributed by atoms with Gasteiger partial charge in [0, 0.05) is 0 Å². The zero-order valence-electron chi connectivity index (χ0n) is 6.89. The molecule has 0 N–H and O–H groups in total. The molecule has 0 bridgehead atoms. The van der Waals surface area contributed by atoms with E-state index in [0.717, 1.165) is 0 Å². The van der Waals surface area contributed by atoms with Crippen molar-refractivity contribution in [3.63, 3.8) is 0 Å². The van der Waals surface area contributed by atoms with Crippen LogP contribution in [0.2, 0.25) is 0 Å². The van der Waals surface area contributed by atoms with Crippen LogP contribution in [0.1, 0.15) is 11.1 Å². The Bertz CT molecular complexity index is 354. The van der Waals surface area contributed by atoms with Crippen molar-refractivity contribution >= 4 is 11.8 Å². The van der Waals surface area contributed by atoms with Crippen LogP contribution in [-0.4, -0.2) is 6.08 Å². The SMILES string of the molecule is Cc1ccc(C)c(N=C=O)c1F. The number of aliphatic imine (C=N–C) groups is 1. The first kappa shape index (κ1) is 8.62. The van der Waals surface area contributed by atoms with E-state index in [1.807, 2.05) is 0 Å². The number of hydrogen-bond donors (Lipinski definition) is 0. The molecule has 0 aliphatic rings. The summed E-state index contributed by atoms with van der Waals surface area (Å²) in [5.41, 5.74) is 1.21. The van der Waals surface area contributed by atoms with E-state index in [0.29, 0.717) is 11.1 Å². The highest BCUT2D eigenvalue weighted by atomic mass is 19.1. The summed E-state index contributed by atoms with van der Waals surface area (Å²) < 4.78 is 13.2. The van der Waals surface area contributed by atoms with Crippen molar-refractivity contribution in [2.45, 2.75) is 13.8 Å². The zero-order chi connectivity index (χ0) is 9.14. The van der Waals surface area contributed by atoms with Gasteiger partial charge in [0.15, 0.2) is 5.82 Å². The van der Waals surface area contributed by atoms with Crippen LogP contribution in [0.4, 0.5) is 10.1 Å². The molecule has 1 rings (SSSR count). The molecule has 1 aromatic carbocycles. The van der Waals surface area contributed by atoms with Crippen LogP contribution in [0.25, 0.3) is 0 Å². The summed E-state index contributed by atoms with van der Waals surface area (Å²) in [6, 6.07) is 3.36. The highest BCUT2D eigenvalue weighted by Crippen LogP contribution is 2.24. The average molecular weight is 165 g/mol. The molecular weight excluding hydrogens is 157 g/mol. The highest BCUT2D eigenvalue weighted by Gasteiger charge is 2.06. The number of carbonyl (C=O) groups excluding carboxylic acids is 1. The topological polar surface area (TPSA) is 29.4 Å². The van der Waals surface area contributed by atoms with E-state index in [9.17, 15) is 9.18 Å². The number of isocyanates is 1.